The van der Waals surface area contributed by atoms with Gasteiger partial charge in [0.2, 0.25) is 0 Å². The molecule has 1 aliphatic rings. The van der Waals surface area contributed by atoms with E-state index in [4.69, 9.17) is 4.84 Å². The summed E-state index contributed by atoms with van der Waals surface area (Å²) in [4.78, 5) is 20.4. The molecule has 1 aliphatic carbocycles. The highest BCUT2D eigenvalue weighted by Crippen LogP contribution is 2.32. The van der Waals surface area contributed by atoms with E-state index >= 15 is 0 Å². The molecule has 5 nitrogen and oxygen atoms in total. The molecule has 5 heteroatoms. The number of aromatic amines is 1. The van der Waals surface area contributed by atoms with Gasteiger partial charge >= 0.3 is 5.69 Å². The summed E-state index contributed by atoms with van der Waals surface area (Å²) < 4.78 is 1.35. The van der Waals surface area contributed by atoms with E-state index in [2.05, 4.69) is 40.6 Å². The van der Waals surface area contributed by atoms with Gasteiger partial charge in [-0.05, 0) is 49.3 Å². The molecule has 0 atom stereocenters. The van der Waals surface area contributed by atoms with Gasteiger partial charge in [-0.15, -0.1) is 4.73 Å². The van der Waals surface area contributed by atoms with Crippen LogP contribution in [0.1, 0.15) is 37.2 Å². The molecule has 0 spiro atoms. The summed E-state index contributed by atoms with van der Waals surface area (Å²) in [5.41, 5.74) is 2.81. The lowest BCUT2D eigenvalue weighted by Crippen LogP contribution is -2.37. The van der Waals surface area contributed by atoms with E-state index in [1.807, 2.05) is 24.3 Å². The Balaban J connectivity index is 1.23. The predicted molar refractivity (Wildman–Crippen MR) is 103 cm³/mol. The van der Waals surface area contributed by atoms with Crippen molar-refractivity contribution in [2.75, 3.05) is 13.2 Å². The Kier molecular flexibility index (Phi) is 5.07. The maximum atomic E-state index is 12.0. The summed E-state index contributed by atoms with van der Waals surface area (Å²) in [6.45, 7) is 1.22. The number of rotatable bonds is 6. The molecular formula is C21H25N3O2. The van der Waals surface area contributed by atoms with Gasteiger partial charge in [-0.1, -0.05) is 42.5 Å². The minimum Gasteiger partial charge on any atom is -0.408 e. The molecule has 0 bridgehead atoms. The largest absolute Gasteiger partial charge is 0.408 e. The smallest absolute Gasteiger partial charge is 0.359 e. The minimum atomic E-state index is -0.227. The molecule has 1 heterocycles. The first kappa shape index (κ1) is 16.9. The normalized spacial score (nSPS) is 20.3. The van der Waals surface area contributed by atoms with E-state index in [1.54, 1.807) is 0 Å². The number of hydrogen-bond donors (Lipinski definition) is 2. The Morgan fingerprint density at radius 3 is 2.54 bits per heavy atom. The van der Waals surface area contributed by atoms with Crippen molar-refractivity contribution in [3.63, 3.8) is 0 Å². The van der Waals surface area contributed by atoms with Crippen molar-refractivity contribution in [1.82, 2.24) is 15.0 Å². The Morgan fingerprint density at radius 1 is 1.00 bits per heavy atom. The lowest BCUT2D eigenvalue weighted by molar-refractivity contribution is 0.110. The molecule has 1 fully saturated rings. The molecule has 0 unspecified atom stereocenters. The van der Waals surface area contributed by atoms with Crippen LogP contribution in [0.4, 0.5) is 0 Å². The number of nitrogens with one attached hydrogen (secondary N) is 2. The molecule has 1 saturated carbocycles. The molecule has 0 saturated heterocycles. The number of benzene rings is 2. The zero-order valence-electron chi connectivity index (χ0n) is 14.9. The number of imidazole rings is 1. The van der Waals surface area contributed by atoms with Crippen molar-refractivity contribution in [3.05, 3.63) is 70.6 Å². The van der Waals surface area contributed by atoms with Gasteiger partial charge in [-0.2, -0.15) is 0 Å². The van der Waals surface area contributed by atoms with Crippen LogP contribution in [0.3, 0.4) is 0 Å². The first-order valence-corrected chi connectivity index (χ1v) is 9.42. The molecule has 1 aromatic heterocycles. The molecule has 0 amide bonds. The van der Waals surface area contributed by atoms with Crippen LogP contribution in [-0.4, -0.2) is 28.9 Å². The Hall–Kier alpha value is -2.53. The Morgan fingerprint density at radius 2 is 1.73 bits per heavy atom. The SMILES string of the molecule is O=c1[nH]c2ccccc2n1OCCNC1CCC(c2ccccc2)CC1. The molecular weight excluding hydrogens is 326 g/mol. The monoisotopic (exact) mass is 351 g/mol. The Bertz CT molecular complexity index is 892. The van der Waals surface area contributed by atoms with E-state index in [9.17, 15) is 4.79 Å². The van der Waals surface area contributed by atoms with Crippen LogP contribution < -0.4 is 15.8 Å². The van der Waals surface area contributed by atoms with Crippen LogP contribution >= 0.6 is 0 Å². The maximum Gasteiger partial charge on any atom is 0.359 e. The van der Waals surface area contributed by atoms with E-state index in [0.29, 0.717) is 18.6 Å². The molecule has 136 valence electrons. The second kappa shape index (κ2) is 7.79. The lowest BCUT2D eigenvalue weighted by Gasteiger charge is -2.29. The van der Waals surface area contributed by atoms with Crippen molar-refractivity contribution in [3.8, 4) is 0 Å². The first-order chi connectivity index (χ1) is 12.8. The topological polar surface area (TPSA) is 59.0 Å². The van der Waals surface area contributed by atoms with Gasteiger partial charge in [-0.25, -0.2) is 4.79 Å². The third kappa shape index (κ3) is 3.68. The fraction of sp³-hybridized carbons (Fsp3) is 0.381. The third-order valence-electron chi connectivity index (χ3n) is 5.30. The molecule has 4 rings (SSSR count). The summed E-state index contributed by atoms with van der Waals surface area (Å²) >= 11 is 0. The first-order valence-electron chi connectivity index (χ1n) is 9.42. The van der Waals surface area contributed by atoms with Gasteiger partial charge in [-0.3, -0.25) is 0 Å². The summed E-state index contributed by atoms with van der Waals surface area (Å²) in [5, 5.41) is 3.57. The highest BCUT2D eigenvalue weighted by molar-refractivity contribution is 5.74. The number of H-pyrrole nitrogens is 1. The molecule has 3 aromatic rings. The van der Waals surface area contributed by atoms with Crippen molar-refractivity contribution in [2.45, 2.75) is 37.6 Å². The van der Waals surface area contributed by atoms with Gasteiger partial charge in [0.25, 0.3) is 0 Å². The standard InChI is InChI=1S/C21H25N3O2/c25-21-23-19-8-4-5-9-20(19)24(21)26-15-14-22-18-12-10-17(11-13-18)16-6-2-1-3-7-16/h1-9,17-18,22H,10-15H2,(H,23,25). The van der Waals surface area contributed by atoms with Crippen molar-refractivity contribution in [2.24, 2.45) is 0 Å². The van der Waals surface area contributed by atoms with E-state index < -0.39 is 0 Å². The Labute approximate surface area is 153 Å². The van der Waals surface area contributed by atoms with Crippen LogP contribution in [0, 0.1) is 0 Å². The predicted octanol–water partition coefficient (Wildman–Crippen LogP) is 3.07. The highest BCUT2D eigenvalue weighted by Gasteiger charge is 2.21. The maximum absolute atomic E-state index is 12.0. The molecule has 0 radical (unpaired) electrons. The quantitative estimate of drug-likeness (QED) is 0.671. The highest BCUT2D eigenvalue weighted by atomic mass is 16.7. The van der Waals surface area contributed by atoms with Crippen LogP contribution in [0.25, 0.3) is 11.0 Å². The number of nitrogens with zero attached hydrogens (tertiary/aromatic N) is 1. The fourth-order valence-electron chi connectivity index (χ4n) is 3.92. The fourth-order valence-corrected chi connectivity index (χ4v) is 3.92. The number of hydrogen-bond acceptors (Lipinski definition) is 3. The molecule has 2 N–H and O–H groups in total. The van der Waals surface area contributed by atoms with E-state index in [1.165, 1.54) is 36.0 Å². The van der Waals surface area contributed by atoms with Gasteiger partial charge in [0, 0.05) is 12.6 Å². The molecule has 0 aliphatic heterocycles. The zero-order chi connectivity index (χ0) is 17.8. The number of fused-ring (bicyclic) bond motifs is 1. The second-order valence-corrected chi connectivity index (χ2v) is 6.99. The molecule has 26 heavy (non-hydrogen) atoms. The van der Waals surface area contributed by atoms with Crippen LogP contribution in [0.5, 0.6) is 0 Å². The number of aromatic nitrogens is 2. The van der Waals surface area contributed by atoms with Crippen molar-refractivity contribution < 1.29 is 4.84 Å². The van der Waals surface area contributed by atoms with Gasteiger partial charge in [0.15, 0.2) is 0 Å². The lowest BCUT2D eigenvalue weighted by atomic mass is 9.82. The molecule has 2 aromatic carbocycles. The van der Waals surface area contributed by atoms with Crippen molar-refractivity contribution in [1.29, 1.82) is 0 Å². The average Bonchev–Trinajstić information content (AvgIpc) is 3.01. The van der Waals surface area contributed by atoms with E-state index in [0.717, 1.165) is 17.6 Å². The average molecular weight is 351 g/mol. The van der Waals surface area contributed by atoms with Gasteiger partial charge in [0.1, 0.15) is 12.1 Å². The second-order valence-electron chi connectivity index (χ2n) is 6.99. The summed E-state index contributed by atoms with van der Waals surface area (Å²) in [6.07, 6.45) is 4.83. The summed E-state index contributed by atoms with van der Waals surface area (Å²) in [7, 11) is 0. The summed E-state index contributed by atoms with van der Waals surface area (Å²) in [6, 6.07) is 18.9. The van der Waals surface area contributed by atoms with Crippen LogP contribution in [0.2, 0.25) is 0 Å². The van der Waals surface area contributed by atoms with Gasteiger partial charge < -0.3 is 15.1 Å². The zero-order valence-corrected chi connectivity index (χ0v) is 14.9. The van der Waals surface area contributed by atoms with Crippen LogP contribution in [-0.2, 0) is 0 Å². The summed E-state index contributed by atoms with van der Waals surface area (Å²) in [5.74, 6) is 0.690. The third-order valence-corrected chi connectivity index (χ3v) is 5.30. The van der Waals surface area contributed by atoms with Crippen LogP contribution in [0.15, 0.2) is 59.4 Å². The van der Waals surface area contributed by atoms with E-state index in [-0.39, 0.29) is 5.69 Å². The van der Waals surface area contributed by atoms with Gasteiger partial charge in [0.05, 0.1) is 5.52 Å². The van der Waals surface area contributed by atoms with Crippen molar-refractivity contribution >= 4 is 11.0 Å². The number of para-hydroxylation sites is 2. The minimum absolute atomic E-state index is 0.227.